The quantitative estimate of drug-likeness (QED) is 0.762. The van der Waals surface area contributed by atoms with E-state index in [1.165, 1.54) is 11.3 Å². The third kappa shape index (κ3) is 1.94. The van der Waals surface area contributed by atoms with Crippen LogP contribution in [0.15, 0.2) is 30.3 Å². The van der Waals surface area contributed by atoms with Crippen LogP contribution in [-0.2, 0) is 0 Å². The van der Waals surface area contributed by atoms with Gasteiger partial charge in [0.1, 0.15) is 0 Å². The molecule has 1 aromatic heterocycles. The molecule has 0 aliphatic heterocycles. The van der Waals surface area contributed by atoms with Gasteiger partial charge in [-0.15, -0.1) is 10.2 Å². The smallest absolute Gasteiger partial charge is 0.211 e. The van der Waals surface area contributed by atoms with Gasteiger partial charge in [0, 0.05) is 5.69 Å². The number of para-hydroxylation sites is 1. The van der Waals surface area contributed by atoms with E-state index in [2.05, 4.69) is 15.5 Å². The van der Waals surface area contributed by atoms with E-state index in [0.29, 0.717) is 10.3 Å². The molecule has 0 spiro atoms. The Kier molecular flexibility index (Phi) is 2.09. The van der Waals surface area contributed by atoms with Crippen molar-refractivity contribution in [3.8, 4) is 0 Å². The van der Waals surface area contributed by atoms with Gasteiger partial charge in [0.05, 0.1) is 0 Å². The minimum absolute atomic E-state index is 0.471. The summed E-state index contributed by atoms with van der Waals surface area (Å²) in [5, 5.41) is 11.8. The molecule has 2 rings (SSSR count). The molecule has 3 N–H and O–H groups in total. The molecule has 13 heavy (non-hydrogen) atoms. The van der Waals surface area contributed by atoms with Gasteiger partial charge in [-0.2, -0.15) is 0 Å². The molecular weight excluding hydrogens is 184 g/mol. The van der Waals surface area contributed by atoms with Gasteiger partial charge in [-0.25, -0.2) is 0 Å². The van der Waals surface area contributed by atoms with Crippen LogP contribution in [0, 0.1) is 0 Å². The first-order valence-corrected chi connectivity index (χ1v) is 4.57. The van der Waals surface area contributed by atoms with Crippen LogP contribution in [-0.4, -0.2) is 10.2 Å². The van der Waals surface area contributed by atoms with Gasteiger partial charge < -0.3 is 11.1 Å². The lowest BCUT2D eigenvalue weighted by Gasteiger charge is -1.98. The first-order chi connectivity index (χ1) is 6.34. The maximum absolute atomic E-state index is 5.44. The first-order valence-electron chi connectivity index (χ1n) is 3.75. The molecule has 5 heteroatoms. The number of benzene rings is 1. The van der Waals surface area contributed by atoms with Crippen LogP contribution < -0.4 is 11.1 Å². The van der Waals surface area contributed by atoms with Gasteiger partial charge in [0.25, 0.3) is 0 Å². The number of nitrogens with zero attached hydrogens (tertiary/aromatic N) is 2. The number of nitrogens with two attached hydrogens (primary N) is 1. The molecule has 0 saturated heterocycles. The van der Waals surface area contributed by atoms with E-state index < -0.39 is 0 Å². The lowest BCUT2D eigenvalue weighted by molar-refractivity contribution is 1.10. The van der Waals surface area contributed by atoms with E-state index in [4.69, 9.17) is 5.73 Å². The van der Waals surface area contributed by atoms with E-state index in [0.717, 1.165) is 5.69 Å². The molecule has 0 unspecified atom stereocenters. The zero-order valence-electron chi connectivity index (χ0n) is 6.77. The largest absolute Gasteiger partial charge is 0.374 e. The van der Waals surface area contributed by atoms with Gasteiger partial charge >= 0.3 is 0 Å². The molecule has 0 fully saturated rings. The normalized spacial score (nSPS) is 9.85. The van der Waals surface area contributed by atoms with Gasteiger partial charge in [-0.1, -0.05) is 29.5 Å². The van der Waals surface area contributed by atoms with E-state index in [-0.39, 0.29) is 0 Å². The summed E-state index contributed by atoms with van der Waals surface area (Å²) in [5.74, 6) is 0. The Morgan fingerprint density at radius 3 is 2.54 bits per heavy atom. The zero-order chi connectivity index (χ0) is 9.10. The fourth-order valence-electron chi connectivity index (χ4n) is 0.930. The van der Waals surface area contributed by atoms with E-state index >= 15 is 0 Å². The third-order valence-electron chi connectivity index (χ3n) is 1.47. The predicted octanol–water partition coefficient (Wildman–Crippen LogP) is 1.86. The van der Waals surface area contributed by atoms with Gasteiger partial charge in [0.15, 0.2) is 0 Å². The SMILES string of the molecule is Nc1nnc(Nc2ccccc2)s1. The highest BCUT2D eigenvalue weighted by Crippen LogP contribution is 2.20. The molecule has 0 bridgehead atoms. The number of rotatable bonds is 2. The van der Waals surface area contributed by atoms with Crippen molar-refractivity contribution in [3.63, 3.8) is 0 Å². The monoisotopic (exact) mass is 192 g/mol. The van der Waals surface area contributed by atoms with Gasteiger partial charge in [-0.3, -0.25) is 0 Å². The Morgan fingerprint density at radius 1 is 1.15 bits per heavy atom. The lowest BCUT2D eigenvalue weighted by atomic mass is 10.3. The molecule has 0 saturated carbocycles. The summed E-state index contributed by atoms with van der Waals surface area (Å²) in [6, 6.07) is 9.77. The number of aromatic nitrogens is 2. The van der Waals surface area contributed by atoms with E-state index in [1.54, 1.807) is 0 Å². The predicted molar refractivity (Wildman–Crippen MR) is 54.0 cm³/mol. The molecule has 1 aromatic carbocycles. The average Bonchev–Trinajstić information content (AvgIpc) is 2.53. The second kappa shape index (κ2) is 3.40. The van der Waals surface area contributed by atoms with Crippen LogP contribution in [0.25, 0.3) is 0 Å². The van der Waals surface area contributed by atoms with Gasteiger partial charge in [0.2, 0.25) is 10.3 Å². The molecule has 1 heterocycles. The molecule has 66 valence electrons. The van der Waals surface area contributed by atoms with Crippen LogP contribution in [0.3, 0.4) is 0 Å². The summed E-state index contributed by atoms with van der Waals surface area (Å²) < 4.78 is 0. The molecular formula is C8H8N4S. The molecule has 0 atom stereocenters. The Hall–Kier alpha value is -1.62. The summed E-state index contributed by atoms with van der Waals surface area (Å²) in [6.07, 6.45) is 0. The summed E-state index contributed by atoms with van der Waals surface area (Å²) in [7, 11) is 0. The highest BCUT2D eigenvalue weighted by atomic mass is 32.1. The van der Waals surface area contributed by atoms with Crippen molar-refractivity contribution < 1.29 is 0 Å². The second-order valence-electron chi connectivity index (χ2n) is 2.44. The van der Waals surface area contributed by atoms with Crippen molar-refractivity contribution in [2.75, 3.05) is 11.1 Å². The molecule has 2 aromatic rings. The number of nitrogens with one attached hydrogen (secondary N) is 1. The van der Waals surface area contributed by atoms with E-state index in [9.17, 15) is 0 Å². The summed E-state index contributed by atoms with van der Waals surface area (Å²) in [4.78, 5) is 0. The van der Waals surface area contributed by atoms with E-state index in [1.807, 2.05) is 30.3 Å². The average molecular weight is 192 g/mol. The summed E-state index contributed by atoms with van der Waals surface area (Å²) in [6.45, 7) is 0. The van der Waals surface area contributed by atoms with Crippen molar-refractivity contribution in [1.29, 1.82) is 0 Å². The topological polar surface area (TPSA) is 63.8 Å². The van der Waals surface area contributed by atoms with Crippen molar-refractivity contribution in [1.82, 2.24) is 10.2 Å². The third-order valence-corrected chi connectivity index (χ3v) is 2.13. The fraction of sp³-hybridized carbons (Fsp3) is 0. The Balaban J connectivity index is 2.15. The maximum Gasteiger partial charge on any atom is 0.211 e. The zero-order valence-corrected chi connectivity index (χ0v) is 7.58. The van der Waals surface area contributed by atoms with Crippen molar-refractivity contribution in [2.45, 2.75) is 0 Å². The van der Waals surface area contributed by atoms with Crippen LogP contribution in [0.2, 0.25) is 0 Å². The number of anilines is 3. The Morgan fingerprint density at radius 2 is 1.92 bits per heavy atom. The molecule has 0 radical (unpaired) electrons. The van der Waals surface area contributed by atoms with Crippen LogP contribution in [0.1, 0.15) is 0 Å². The number of hydrogen-bond acceptors (Lipinski definition) is 5. The maximum atomic E-state index is 5.44. The molecule has 0 aliphatic rings. The van der Waals surface area contributed by atoms with Crippen molar-refractivity contribution in [2.24, 2.45) is 0 Å². The van der Waals surface area contributed by atoms with Crippen LogP contribution >= 0.6 is 11.3 Å². The second-order valence-corrected chi connectivity index (χ2v) is 3.45. The lowest BCUT2D eigenvalue weighted by Crippen LogP contribution is -1.87. The molecule has 4 nitrogen and oxygen atoms in total. The highest BCUT2D eigenvalue weighted by Gasteiger charge is 1.99. The van der Waals surface area contributed by atoms with Crippen molar-refractivity contribution >= 4 is 27.3 Å². The Labute approximate surface area is 79.4 Å². The number of hydrogen-bond donors (Lipinski definition) is 2. The summed E-state index contributed by atoms with van der Waals surface area (Å²) in [5.41, 5.74) is 6.42. The fourth-order valence-corrected chi connectivity index (χ4v) is 1.46. The standard InChI is InChI=1S/C8H8N4S/c9-7-11-12-8(13-7)10-6-4-2-1-3-5-6/h1-5H,(H2,9,11)(H,10,12). The molecule has 0 amide bonds. The van der Waals surface area contributed by atoms with Crippen molar-refractivity contribution in [3.05, 3.63) is 30.3 Å². The summed E-state index contributed by atoms with van der Waals surface area (Å²) >= 11 is 1.33. The first kappa shape index (κ1) is 8.00. The number of nitrogen functional groups attached to an aromatic ring is 1. The molecule has 0 aliphatic carbocycles. The minimum Gasteiger partial charge on any atom is -0.374 e. The van der Waals surface area contributed by atoms with Crippen LogP contribution in [0.4, 0.5) is 16.0 Å². The van der Waals surface area contributed by atoms with Crippen LogP contribution in [0.5, 0.6) is 0 Å². The highest BCUT2D eigenvalue weighted by molar-refractivity contribution is 7.18. The Bertz CT molecular complexity index is 384. The minimum atomic E-state index is 0.471. The van der Waals surface area contributed by atoms with Gasteiger partial charge in [-0.05, 0) is 12.1 Å².